The van der Waals surface area contributed by atoms with Gasteiger partial charge in [-0.3, -0.25) is 0 Å². The van der Waals surface area contributed by atoms with Gasteiger partial charge in [0.05, 0.1) is 0 Å². The molecule has 0 saturated heterocycles. The van der Waals surface area contributed by atoms with Crippen LogP contribution in [0.1, 0.15) is 38.4 Å². The van der Waals surface area contributed by atoms with E-state index in [1.807, 2.05) is 45.1 Å². The van der Waals surface area contributed by atoms with Gasteiger partial charge in [0.1, 0.15) is 17.4 Å². The largest absolute Gasteiger partial charge is 0.444 e. The highest BCUT2D eigenvalue weighted by molar-refractivity contribution is 5.67. The Balaban J connectivity index is 2.32. The number of nitrogens with zero attached hydrogens (tertiary/aromatic N) is 2. The molecule has 1 heterocycles. The van der Waals surface area contributed by atoms with Crippen LogP contribution in [-0.4, -0.2) is 23.2 Å². The Hall–Kier alpha value is -2.35. The summed E-state index contributed by atoms with van der Waals surface area (Å²) in [7, 11) is 0. The molecular formula is C15H19N3O2. The van der Waals surface area contributed by atoms with Crippen LogP contribution in [-0.2, 0) is 4.74 Å². The highest BCUT2D eigenvalue weighted by atomic mass is 16.6. The van der Waals surface area contributed by atoms with Gasteiger partial charge in [0.15, 0.2) is 0 Å². The first kappa shape index (κ1) is 15.7. The van der Waals surface area contributed by atoms with Crippen molar-refractivity contribution in [1.29, 1.82) is 5.26 Å². The number of pyridine rings is 1. The number of carbonyl (C=O) groups is 1. The molecule has 0 spiro atoms. The van der Waals surface area contributed by atoms with E-state index in [0.29, 0.717) is 18.7 Å². The van der Waals surface area contributed by atoms with E-state index in [4.69, 9.17) is 10.00 Å². The molecule has 0 radical (unpaired) electrons. The lowest BCUT2D eigenvalue weighted by Crippen LogP contribution is -2.32. The molecule has 1 rings (SSSR count). The fourth-order valence-electron chi connectivity index (χ4n) is 1.40. The van der Waals surface area contributed by atoms with Gasteiger partial charge in [0, 0.05) is 12.7 Å². The molecule has 0 unspecified atom stereocenters. The van der Waals surface area contributed by atoms with E-state index in [2.05, 4.69) is 10.3 Å². The zero-order chi connectivity index (χ0) is 15.0. The summed E-state index contributed by atoms with van der Waals surface area (Å²) in [5, 5.41) is 11.4. The molecule has 1 amide bonds. The third kappa shape index (κ3) is 6.55. The minimum Gasteiger partial charge on any atom is -0.444 e. The summed E-state index contributed by atoms with van der Waals surface area (Å²) in [4.78, 5) is 15.3. The van der Waals surface area contributed by atoms with Crippen LogP contribution in [0.3, 0.4) is 0 Å². The zero-order valence-electron chi connectivity index (χ0n) is 12.0. The van der Waals surface area contributed by atoms with Gasteiger partial charge in [-0.1, -0.05) is 12.2 Å². The van der Waals surface area contributed by atoms with Crippen molar-refractivity contribution < 1.29 is 9.53 Å². The van der Waals surface area contributed by atoms with Gasteiger partial charge < -0.3 is 10.1 Å². The maximum atomic E-state index is 11.4. The van der Waals surface area contributed by atoms with Crippen molar-refractivity contribution in [2.24, 2.45) is 0 Å². The Morgan fingerprint density at radius 1 is 1.55 bits per heavy atom. The van der Waals surface area contributed by atoms with E-state index < -0.39 is 11.7 Å². The van der Waals surface area contributed by atoms with Crippen LogP contribution in [0.2, 0.25) is 0 Å². The van der Waals surface area contributed by atoms with Crippen LogP contribution in [0.15, 0.2) is 24.4 Å². The highest BCUT2D eigenvalue weighted by Gasteiger charge is 2.15. The second-order valence-electron chi connectivity index (χ2n) is 5.21. The quantitative estimate of drug-likeness (QED) is 0.856. The third-order valence-corrected chi connectivity index (χ3v) is 2.19. The fourth-order valence-corrected chi connectivity index (χ4v) is 1.40. The van der Waals surface area contributed by atoms with Crippen molar-refractivity contribution in [3.8, 4) is 6.07 Å². The molecule has 0 bridgehead atoms. The Morgan fingerprint density at radius 2 is 2.30 bits per heavy atom. The van der Waals surface area contributed by atoms with E-state index in [1.165, 1.54) is 0 Å². The fraction of sp³-hybridized carbons (Fsp3) is 0.400. The Labute approximate surface area is 119 Å². The maximum Gasteiger partial charge on any atom is 0.407 e. The number of aromatic nitrogens is 1. The number of amides is 1. The van der Waals surface area contributed by atoms with Crippen LogP contribution in [0.25, 0.3) is 6.08 Å². The normalized spacial score (nSPS) is 11.1. The van der Waals surface area contributed by atoms with E-state index in [1.54, 1.807) is 12.3 Å². The molecule has 0 aliphatic rings. The third-order valence-electron chi connectivity index (χ3n) is 2.19. The topological polar surface area (TPSA) is 75.0 Å². The first-order valence-electron chi connectivity index (χ1n) is 6.40. The van der Waals surface area contributed by atoms with Crippen LogP contribution >= 0.6 is 0 Å². The average molecular weight is 273 g/mol. The maximum absolute atomic E-state index is 11.4. The molecule has 0 aromatic carbocycles. The molecule has 106 valence electrons. The van der Waals surface area contributed by atoms with Crippen molar-refractivity contribution in [3.63, 3.8) is 0 Å². The number of nitrogens with one attached hydrogen (secondary N) is 1. The molecule has 5 heteroatoms. The summed E-state index contributed by atoms with van der Waals surface area (Å²) in [6, 6.07) is 5.51. The van der Waals surface area contributed by atoms with E-state index in [9.17, 15) is 4.79 Å². The minimum absolute atomic E-state index is 0.388. The van der Waals surface area contributed by atoms with Crippen molar-refractivity contribution in [2.75, 3.05) is 6.54 Å². The van der Waals surface area contributed by atoms with Crippen molar-refractivity contribution in [1.82, 2.24) is 10.3 Å². The average Bonchev–Trinajstić information content (AvgIpc) is 2.36. The van der Waals surface area contributed by atoms with Crippen LogP contribution in [0.4, 0.5) is 4.79 Å². The standard InChI is InChI=1S/C15H19N3O2/c1-15(2,3)20-14(19)18-8-5-4-6-12-7-9-17-13(10-12)11-16/h4,6-7,9-10H,5,8H2,1-3H3,(H,18,19). The number of carbonyl (C=O) groups excluding carboxylic acids is 1. The molecule has 0 aliphatic carbocycles. The summed E-state index contributed by atoms with van der Waals surface area (Å²) in [6.07, 6.45) is 5.68. The number of ether oxygens (including phenoxy) is 1. The molecule has 5 nitrogen and oxygen atoms in total. The Bertz CT molecular complexity index is 525. The number of hydrogen-bond donors (Lipinski definition) is 1. The first-order chi connectivity index (χ1) is 9.40. The zero-order valence-corrected chi connectivity index (χ0v) is 12.0. The van der Waals surface area contributed by atoms with Gasteiger partial charge in [-0.25, -0.2) is 9.78 Å². The highest BCUT2D eigenvalue weighted by Crippen LogP contribution is 2.06. The van der Waals surface area contributed by atoms with E-state index >= 15 is 0 Å². The molecule has 0 saturated carbocycles. The van der Waals surface area contributed by atoms with Crippen LogP contribution in [0, 0.1) is 11.3 Å². The molecular weight excluding hydrogens is 254 g/mol. The lowest BCUT2D eigenvalue weighted by atomic mass is 10.2. The molecule has 1 aromatic heterocycles. The van der Waals surface area contributed by atoms with Crippen molar-refractivity contribution in [2.45, 2.75) is 32.8 Å². The van der Waals surface area contributed by atoms with Gasteiger partial charge in [-0.05, 0) is 44.9 Å². The molecule has 1 N–H and O–H groups in total. The van der Waals surface area contributed by atoms with Crippen molar-refractivity contribution >= 4 is 12.2 Å². The smallest absolute Gasteiger partial charge is 0.407 e. The monoisotopic (exact) mass is 273 g/mol. The molecule has 1 aromatic rings. The Morgan fingerprint density at radius 3 is 2.95 bits per heavy atom. The summed E-state index contributed by atoms with van der Waals surface area (Å²) in [6.45, 7) is 5.97. The summed E-state index contributed by atoms with van der Waals surface area (Å²) < 4.78 is 5.11. The minimum atomic E-state index is -0.481. The second kappa shape index (κ2) is 7.29. The van der Waals surface area contributed by atoms with Gasteiger partial charge in [0.2, 0.25) is 0 Å². The lowest BCUT2D eigenvalue weighted by Gasteiger charge is -2.19. The SMILES string of the molecule is CC(C)(C)OC(=O)NCCC=Cc1ccnc(C#N)c1. The van der Waals surface area contributed by atoms with Gasteiger partial charge >= 0.3 is 6.09 Å². The number of nitriles is 1. The lowest BCUT2D eigenvalue weighted by molar-refractivity contribution is 0.0529. The van der Waals surface area contributed by atoms with E-state index in [0.717, 1.165) is 5.56 Å². The number of hydrogen-bond acceptors (Lipinski definition) is 4. The van der Waals surface area contributed by atoms with Gasteiger partial charge in [-0.2, -0.15) is 5.26 Å². The van der Waals surface area contributed by atoms with Crippen LogP contribution < -0.4 is 5.32 Å². The Kier molecular flexibility index (Phi) is 5.73. The van der Waals surface area contributed by atoms with E-state index in [-0.39, 0.29) is 0 Å². The van der Waals surface area contributed by atoms with Gasteiger partial charge in [-0.15, -0.1) is 0 Å². The number of alkyl carbamates (subject to hydrolysis) is 1. The summed E-state index contributed by atoms with van der Waals surface area (Å²) in [5.74, 6) is 0. The predicted octanol–water partition coefficient (Wildman–Crippen LogP) is 2.88. The van der Waals surface area contributed by atoms with Crippen LogP contribution in [0.5, 0.6) is 0 Å². The first-order valence-corrected chi connectivity index (χ1v) is 6.40. The summed E-state index contributed by atoms with van der Waals surface area (Å²) >= 11 is 0. The second-order valence-corrected chi connectivity index (χ2v) is 5.21. The van der Waals surface area contributed by atoms with Crippen molar-refractivity contribution in [3.05, 3.63) is 35.7 Å². The number of rotatable bonds is 4. The molecule has 0 atom stereocenters. The molecule has 20 heavy (non-hydrogen) atoms. The predicted molar refractivity (Wildman–Crippen MR) is 76.8 cm³/mol. The summed E-state index contributed by atoms with van der Waals surface area (Å²) in [5.41, 5.74) is 0.817. The molecule has 0 aliphatic heterocycles. The van der Waals surface area contributed by atoms with Gasteiger partial charge in [0.25, 0.3) is 0 Å². The molecule has 0 fully saturated rings.